The monoisotopic (exact) mass is 298 g/mol. The number of nitrogens with one attached hydrogen (secondary N) is 1. The fourth-order valence-corrected chi connectivity index (χ4v) is 2.43. The lowest BCUT2D eigenvalue weighted by atomic mass is 9.89. The summed E-state index contributed by atoms with van der Waals surface area (Å²) in [6, 6.07) is 2.34. The third kappa shape index (κ3) is 2.96. The Morgan fingerprint density at radius 1 is 1.29 bits per heavy atom. The van der Waals surface area contributed by atoms with Gasteiger partial charge in [-0.25, -0.2) is 18.4 Å². The van der Waals surface area contributed by atoms with Crippen LogP contribution in [-0.4, -0.2) is 34.1 Å². The largest absolute Gasteiger partial charge is 0.480 e. The molecule has 1 heterocycles. The first-order valence-corrected chi connectivity index (χ1v) is 6.61. The predicted molar refractivity (Wildman–Crippen MR) is 72.0 cm³/mol. The lowest BCUT2D eigenvalue weighted by Crippen LogP contribution is -2.58. The number of carbonyl (C=O) groups is 2. The number of halogens is 2. The second-order valence-electron chi connectivity index (χ2n) is 5.25. The number of carboxylic acid groups (broad SMARTS) is 1. The lowest BCUT2D eigenvalue weighted by Gasteiger charge is -2.41. The van der Waals surface area contributed by atoms with Crippen molar-refractivity contribution < 1.29 is 23.5 Å². The van der Waals surface area contributed by atoms with E-state index in [2.05, 4.69) is 5.32 Å². The van der Waals surface area contributed by atoms with Crippen LogP contribution in [0.15, 0.2) is 18.2 Å². The molecule has 2 rings (SSSR count). The van der Waals surface area contributed by atoms with E-state index < -0.39 is 29.2 Å². The summed E-state index contributed by atoms with van der Waals surface area (Å²) in [6.45, 7) is 1.79. The van der Waals surface area contributed by atoms with Gasteiger partial charge in [-0.3, -0.25) is 0 Å². The lowest BCUT2D eigenvalue weighted by molar-refractivity contribution is -0.150. The molecule has 1 aromatic rings. The Kier molecular flexibility index (Phi) is 4.11. The van der Waals surface area contributed by atoms with Gasteiger partial charge in [0.2, 0.25) is 0 Å². The molecule has 0 bridgehead atoms. The summed E-state index contributed by atoms with van der Waals surface area (Å²) in [7, 11) is 0. The Morgan fingerprint density at radius 2 is 2.00 bits per heavy atom. The topological polar surface area (TPSA) is 69.6 Å². The summed E-state index contributed by atoms with van der Waals surface area (Å²) < 4.78 is 26.0. The summed E-state index contributed by atoms with van der Waals surface area (Å²) in [5.41, 5.74) is -1.21. The van der Waals surface area contributed by atoms with Crippen molar-refractivity contribution in [3.8, 4) is 0 Å². The van der Waals surface area contributed by atoms with Gasteiger partial charge >= 0.3 is 12.0 Å². The number of hydrogen-bond donors (Lipinski definition) is 2. The molecule has 1 fully saturated rings. The summed E-state index contributed by atoms with van der Waals surface area (Å²) in [5, 5.41) is 11.7. The maximum atomic E-state index is 13.1. The molecule has 1 atom stereocenters. The zero-order chi connectivity index (χ0) is 15.6. The fourth-order valence-electron chi connectivity index (χ4n) is 2.43. The molecule has 1 aromatic carbocycles. The van der Waals surface area contributed by atoms with Crippen LogP contribution in [0.3, 0.4) is 0 Å². The number of anilines is 1. The first kappa shape index (κ1) is 15.2. The van der Waals surface area contributed by atoms with E-state index in [1.165, 1.54) is 17.9 Å². The molecule has 0 spiro atoms. The predicted octanol–water partition coefficient (Wildman–Crippen LogP) is 2.83. The normalized spacial score (nSPS) is 22.0. The van der Waals surface area contributed by atoms with Crippen molar-refractivity contribution in [3.05, 3.63) is 29.8 Å². The molecule has 2 amide bonds. The van der Waals surface area contributed by atoms with Crippen molar-refractivity contribution in [2.45, 2.75) is 31.7 Å². The Hall–Kier alpha value is -2.18. The van der Waals surface area contributed by atoms with Crippen LogP contribution in [0.5, 0.6) is 0 Å². The molecule has 0 radical (unpaired) electrons. The fraction of sp³-hybridized carbons (Fsp3) is 0.429. The van der Waals surface area contributed by atoms with Crippen LogP contribution in [0.4, 0.5) is 19.3 Å². The van der Waals surface area contributed by atoms with Crippen LogP contribution in [0.25, 0.3) is 0 Å². The third-order valence-corrected chi connectivity index (χ3v) is 3.77. The second kappa shape index (κ2) is 5.67. The van der Waals surface area contributed by atoms with Gasteiger partial charge < -0.3 is 15.3 Å². The van der Waals surface area contributed by atoms with Gasteiger partial charge in [0, 0.05) is 18.3 Å². The van der Waals surface area contributed by atoms with E-state index >= 15 is 0 Å². The Labute approximate surface area is 120 Å². The minimum absolute atomic E-state index is 0.0808. The van der Waals surface area contributed by atoms with Gasteiger partial charge in [-0.2, -0.15) is 0 Å². The van der Waals surface area contributed by atoms with Gasteiger partial charge in [0.15, 0.2) is 11.6 Å². The molecule has 1 saturated heterocycles. The van der Waals surface area contributed by atoms with Crippen LogP contribution in [0, 0.1) is 11.6 Å². The highest BCUT2D eigenvalue weighted by Crippen LogP contribution is 2.29. The molecule has 114 valence electrons. The number of aliphatic carboxylic acids is 1. The number of urea groups is 1. The molecule has 0 aromatic heterocycles. The molecule has 1 unspecified atom stereocenters. The van der Waals surface area contributed by atoms with E-state index in [1.807, 2.05) is 0 Å². The number of hydrogen-bond acceptors (Lipinski definition) is 2. The van der Waals surface area contributed by atoms with E-state index in [9.17, 15) is 23.5 Å². The molecule has 1 aliphatic rings. The van der Waals surface area contributed by atoms with Gasteiger partial charge in [0.1, 0.15) is 5.54 Å². The molecule has 0 saturated carbocycles. The van der Waals surface area contributed by atoms with Crippen molar-refractivity contribution in [1.29, 1.82) is 0 Å². The Bertz CT molecular complexity index is 579. The van der Waals surface area contributed by atoms with Crippen molar-refractivity contribution in [1.82, 2.24) is 4.90 Å². The molecule has 1 aliphatic heterocycles. The van der Waals surface area contributed by atoms with Gasteiger partial charge in [0.05, 0.1) is 0 Å². The maximum Gasteiger partial charge on any atom is 0.329 e. The van der Waals surface area contributed by atoms with Crippen LogP contribution < -0.4 is 5.32 Å². The minimum Gasteiger partial charge on any atom is -0.480 e. The van der Waals surface area contributed by atoms with Crippen LogP contribution in [0.2, 0.25) is 0 Å². The zero-order valence-corrected chi connectivity index (χ0v) is 11.5. The number of piperidine rings is 1. The highest BCUT2D eigenvalue weighted by atomic mass is 19.2. The summed E-state index contributed by atoms with van der Waals surface area (Å²) in [5.74, 6) is -3.17. The number of rotatable bonds is 2. The van der Waals surface area contributed by atoms with E-state index in [0.717, 1.165) is 18.6 Å². The Morgan fingerprint density at radius 3 is 2.62 bits per heavy atom. The first-order valence-electron chi connectivity index (χ1n) is 6.61. The zero-order valence-electron chi connectivity index (χ0n) is 11.5. The van der Waals surface area contributed by atoms with Crippen molar-refractivity contribution in [3.63, 3.8) is 0 Å². The SMILES string of the molecule is CC1(C(=O)O)CCCCN1C(=O)Nc1ccc(F)c(F)c1. The van der Waals surface area contributed by atoms with Crippen LogP contribution in [-0.2, 0) is 4.79 Å². The highest BCUT2D eigenvalue weighted by Gasteiger charge is 2.44. The molecule has 2 N–H and O–H groups in total. The molecule has 0 aliphatic carbocycles. The number of carbonyl (C=O) groups excluding carboxylic acids is 1. The standard InChI is InChI=1S/C14H16F2N2O3/c1-14(12(19)20)6-2-3-7-18(14)13(21)17-9-4-5-10(15)11(16)8-9/h4-5,8H,2-3,6-7H2,1H3,(H,17,21)(H,19,20). The number of amides is 2. The van der Waals surface area contributed by atoms with E-state index in [4.69, 9.17) is 0 Å². The number of carboxylic acids is 1. The van der Waals surface area contributed by atoms with Crippen molar-refractivity contribution in [2.24, 2.45) is 0 Å². The molecule has 7 heteroatoms. The second-order valence-corrected chi connectivity index (χ2v) is 5.25. The Balaban J connectivity index is 2.18. The maximum absolute atomic E-state index is 13.1. The molecular weight excluding hydrogens is 282 g/mol. The quantitative estimate of drug-likeness (QED) is 0.882. The van der Waals surface area contributed by atoms with Crippen molar-refractivity contribution in [2.75, 3.05) is 11.9 Å². The minimum atomic E-state index is -1.29. The van der Waals surface area contributed by atoms with Gasteiger partial charge in [0.25, 0.3) is 0 Å². The molecular formula is C14H16F2N2O3. The van der Waals surface area contributed by atoms with E-state index in [0.29, 0.717) is 19.4 Å². The van der Waals surface area contributed by atoms with E-state index in [-0.39, 0.29) is 5.69 Å². The van der Waals surface area contributed by atoms with Gasteiger partial charge in [-0.1, -0.05) is 0 Å². The number of likely N-dealkylation sites (tertiary alicyclic amines) is 1. The third-order valence-electron chi connectivity index (χ3n) is 3.77. The van der Waals surface area contributed by atoms with Crippen LogP contribution >= 0.6 is 0 Å². The van der Waals surface area contributed by atoms with Crippen LogP contribution in [0.1, 0.15) is 26.2 Å². The summed E-state index contributed by atoms with van der Waals surface area (Å²) in [4.78, 5) is 24.9. The van der Waals surface area contributed by atoms with Gasteiger partial charge in [-0.15, -0.1) is 0 Å². The average Bonchev–Trinajstić information content (AvgIpc) is 2.43. The van der Waals surface area contributed by atoms with Crippen molar-refractivity contribution >= 4 is 17.7 Å². The summed E-state index contributed by atoms with van der Waals surface area (Å²) >= 11 is 0. The molecule has 21 heavy (non-hydrogen) atoms. The van der Waals surface area contributed by atoms with Gasteiger partial charge in [-0.05, 0) is 38.3 Å². The number of benzene rings is 1. The number of nitrogens with zero attached hydrogens (tertiary/aromatic N) is 1. The molecule has 5 nitrogen and oxygen atoms in total. The highest BCUT2D eigenvalue weighted by molar-refractivity contribution is 5.94. The smallest absolute Gasteiger partial charge is 0.329 e. The summed E-state index contributed by atoms with van der Waals surface area (Å²) in [6.07, 6.45) is 1.78. The average molecular weight is 298 g/mol. The first-order chi connectivity index (χ1) is 9.84. The van der Waals surface area contributed by atoms with E-state index in [1.54, 1.807) is 0 Å².